The monoisotopic (exact) mass is 317 g/mol. The lowest BCUT2D eigenvalue weighted by Crippen LogP contribution is -2.42. The van der Waals surface area contributed by atoms with Crippen molar-refractivity contribution >= 4 is 21.6 Å². The number of benzene rings is 1. The van der Waals surface area contributed by atoms with Gasteiger partial charge in [0.1, 0.15) is 4.90 Å². The van der Waals surface area contributed by atoms with E-state index < -0.39 is 10.0 Å². The molecule has 6 heteroatoms. The van der Waals surface area contributed by atoms with Crippen LogP contribution in [-0.4, -0.2) is 30.9 Å². The lowest BCUT2D eigenvalue weighted by atomic mass is 9.94. The minimum Gasteiger partial charge on any atom is -0.392 e. The van der Waals surface area contributed by atoms with Gasteiger partial charge in [0.05, 0.1) is 11.6 Å². The summed E-state index contributed by atoms with van der Waals surface area (Å²) in [5.74, 6) is 0.682. The molecular formula is C14H20ClNO3S. The molecule has 2 atom stereocenters. The van der Waals surface area contributed by atoms with Crippen molar-refractivity contribution < 1.29 is 13.5 Å². The number of sulfonamides is 1. The Hall–Kier alpha value is -0.620. The predicted molar refractivity (Wildman–Crippen MR) is 79.1 cm³/mol. The van der Waals surface area contributed by atoms with Crippen molar-refractivity contribution in [3.8, 4) is 0 Å². The van der Waals surface area contributed by atoms with Gasteiger partial charge in [0.25, 0.3) is 0 Å². The molecule has 1 saturated heterocycles. The predicted octanol–water partition coefficient (Wildman–Crippen LogP) is 2.50. The third kappa shape index (κ3) is 3.17. The van der Waals surface area contributed by atoms with Crippen LogP contribution < -0.4 is 0 Å². The summed E-state index contributed by atoms with van der Waals surface area (Å²) in [5, 5.41) is 9.36. The van der Waals surface area contributed by atoms with Crippen LogP contribution in [0, 0.1) is 11.8 Å². The Kier molecular flexibility index (Phi) is 4.74. The van der Waals surface area contributed by atoms with Gasteiger partial charge >= 0.3 is 0 Å². The van der Waals surface area contributed by atoms with Gasteiger partial charge in [0.15, 0.2) is 0 Å². The van der Waals surface area contributed by atoms with Gasteiger partial charge < -0.3 is 5.11 Å². The van der Waals surface area contributed by atoms with Crippen LogP contribution in [0.1, 0.15) is 25.8 Å². The zero-order valence-electron chi connectivity index (χ0n) is 11.7. The molecule has 0 aromatic heterocycles. The average molecular weight is 318 g/mol. The van der Waals surface area contributed by atoms with E-state index in [2.05, 4.69) is 13.8 Å². The van der Waals surface area contributed by atoms with Gasteiger partial charge in [-0.05, 0) is 36.0 Å². The Morgan fingerprint density at radius 3 is 2.45 bits per heavy atom. The Bertz CT molecular complexity index is 578. The Morgan fingerprint density at radius 2 is 1.90 bits per heavy atom. The van der Waals surface area contributed by atoms with Gasteiger partial charge in [-0.1, -0.05) is 31.5 Å². The number of nitrogens with zero attached hydrogens (tertiary/aromatic N) is 1. The summed E-state index contributed by atoms with van der Waals surface area (Å²) in [5.41, 5.74) is 0.547. The van der Waals surface area contributed by atoms with Gasteiger partial charge in [0.2, 0.25) is 10.0 Å². The van der Waals surface area contributed by atoms with E-state index in [4.69, 9.17) is 16.7 Å². The van der Waals surface area contributed by atoms with Crippen molar-refractivity contribution in [3.05, 3.63) is 28.8 Å². The lowest BCUT2D eigenvalue weighted by molar-refractivity contribution is 0.222. The van der Waals surface area contributed by atoms with E-state index >= 15 is 0 Å². The molecule has 1 aromatic carbocycles. The van der Waals surface area contributed by atoms with E-state index in [0.717, 1.165) is 6.42 Å². The molecule has 1 aromatic rings. The van der Waals surface area contributed by atoms with Crippen LogP contribution in [0.2, 0.25) is 5.02 Å². The second-order valence-corrected chi connectivity index (χ2v) is 8.00. The number of hydrogen-bond acceptors (Lipinski definition) is 3. The summed E-state index contributed by atoms with van der Waals surface area (Å²) in [7, 11) is -3.60. The zero-order chi connectivity index (χ0) is 14.9. The molecule has 0 amide bonds. The first-order valence-corrected chi connectivity index (χ1v) is 8.56. The highest BCUT2D eigenvalue weighted by Gasteiger charge is 2.32. The zero-order valence-corrected chi connectivity index (χ0v) is 13.3. The number of aliphatic hydroxyl groups is 1. The van der Waals surface area contributed by atoms with E-state index in [-0.39, 0.29) is 16.5 Å². The molecule has 2 rings (SSSR count). The molecule has 0 spiro atoms. The van der Waals surface area contributed by atoms with Crippen LogP contribution in [0.5, 0.6) is 0 Å². The molecule has 112 valence electrons. The van der Waals surface area contributed by atoms with E-state index in [1.54, 1.807) is 6.07 Å². The summed E-state index contributed by atoms with van der Waals surface area (Å²) in [6.45, 7) is 4.96. The molecule has 0 radical (unpaired) electrons. The highest BCUT2D eigenvalue weighted by molar-refractivity contribution is 7.89. The summed E-state index contributed by atoms with van der Waals surface area (Å²) in [4.78, 5) is 0.0898. The first-order chi connectivity index (χ1) is 9.34. The number of rotatable bonds is 3. The summed E-state index contributed by atoms with van der Waals surface area (Å²) in [6.07, 6.45) is 1.04. The van der Waals surface area contributed by atoms with Gasteiger partial charge in [-0.2, -0.15) is 4.31 Å². The Labute approximate surface area is 125 Å². The third-order valence-corrected chi connectivity index (χ3v) is 5.94. The number of hydrogen-bond donors (Lipinski definition) is 1. The van der Waals surface area contributed by atoms with E-state index in [1.165, 1.54) is 16.4 Å². The molecule has 1 fully saturated rings. The van der Waals surface area contributed by atoms with Gasteiger partial charge in [-0.15, -0.1) is 0 Å². The first kappa shape index (κ1) is 15.8. The SMILES string of the molecule is CC1CC(C)CN(S(=O)(=O)c2cc(CO)ccc2Cl)C1. The maximum absolute atomic E-state index is 12.7. The molecule has 0 aliphatic carbocycles. The molecule has 0 saturated carbocycles. The Balaban J connectivity index is 2.39. The fourth-order valence-corrected chi connectivity index (χ4v) is 4.99. The van der Waals surface area contributed by atoms with Crippen molar-refractivity contribution in [3.63, 3.8) is 0 Å². The van der Waals surface area contributed by atoms with Gasteiger partial charge in [-0.3, -0.25) is 0 Å². The van der Waals surface area contributed by atoms with Crippen molar-refractivity contribution in [2.45, 2.75) is 31.8 Å². The van der Waals surface area contributed by atoms with Crippen LogP contribution in [0.3, 0.4) is 0 Å². The summed E-state index contributed by atoms with van der Waals surface area (Å²) < 4.78 is 27.0. The highest BCUT2D eigenvalue weighted by atomic mass is 35.5. The van der Waals surface area contributed by atoms with Crippen molar-refractivity contribution in [1.82, 2.24) is 4.31 Å². The van der Waals surface area contributed by atoms with Crippen molar-refractivity contribution in [2.75, 3.05) is 13.1 Å². The number of piperidine rings is 1. The minimum absolute atomic E-state index is 0.0898. The fourth-order valence-electron chi connectivity index (χ4n) is 2.78. The van der Waals surface area contributed by atoms with Crippen LogP contribution >= 0.6 is 11.6 Å². The standard InChI is InChI=1S/C14H20ClNO3S/c1-10-5-11(2)8-16(7-10)20(18,19)14-6-12(9-17)3-4-13(14)15/h3-4,6,10-11,17H,5,7-9H2,1-2H3. The smallest absolute Gasteiger partial charge is 0.244 e. The third-order valence-electron chi connectivity index (χ3n) is 3.63. The number of aliphatic hydroxyl groups excluding tert-OH is 1. The molecular weight excluding hydrogens is 298 g/mol. The fraction of sp³-hybridized carbons (Fsp3) is 0.571. The van der Waals surface area contributed by atoms with Crippen molar-refractivity contribution in [1.29, 1.82) is 0 Å². The summed E-state index contributed by atoms with van der Waals surface area (Å²) >= 11 is 6.04. The van der Waals surface area contributed by atoms with Crippen LogP contribution in [0.4, 0.5) is 0 Å². The molecule has 2 unspecified atom stereocenters. The van der Waals surface area contributed by atoms with Gasteiger partial charge in [-0.25, -0.2) is 8.42 Å². The minimum atomic E-state index is -3.60. The van der Waals surface area contributed by atoms with Crippen molar-refractivity contribution in [2.24, 2.45) is 11.8 Å². The second kappa shape index (κ2) is 6.02. The molecule has 1 heterocycles. The topological polar surface area (TPSA) is 57.6 Å². The maximum Gasteiger partial charge on any atom is 0.244 e. The second-order valence-electron chi connectivity index (χ2n) is 5.69. The molecule has 1 N–H and O–H groups in total. The van der Waals surface area contributed by atoms with Gasteiger partial charge in [0, 0.05) is 13.1 Å². The molecule has 20 heavy (non-hydrogen) atoms. The molecule has 1 aliphatic rings. The van der Waals surface area contributed by atoms with Crippen LogP contribution in [0.25, 0.3) is 0 Å². The van der Waals surface area contributed by atoms with Crippen LogP contribution in [0.15, 0.2) is 23.1 Å². The molecule has 4 nitrogen and oxygen atoms in total. The maximum atomic E-state index is 12.7. The number of halogens is 1. The lowest BCUT2D eigenvalue weighted by Gasteiger charge is -2.34. The van der Waals surface area contributed by atoms with E-state index in [9.17, 15) is 8.42 Å². The van der Waals surface area contributed by atoms with Crippen LogP contribution in [-0.2, 0) is 16.6 Å². The normalized spacial score (nSPS) is 24.8. The summed E-state index contributed by atoms with van der Waals surface area (Å²) in [6, 6.07) is 4.61. The quantitative estimate of drug-likeness (QED) is 0.932. The van der Waals surface area contributed by atoms with E-state index in [0.29, 0.717) is 30.5 Å². The van der Waals surface area contributed by atoms with E-state index in [1.807, 2.05) is 0 Å². The average Bonchev–Trinajstić information content (AvgIpc) is 2.38. The highest BCUT2D eigenvalue weighted by Crippen LogP contribution is 2.30. The largest absolute Gasteiger partial charge is 0.392 e. The Morgan fingerprint density at radius 1 is 1.30 bits per heavy atom. The first-order valence-electron chi connectivity index (χ1n) is 6.74. The molecule has 1 aliphatic heterocycles. The molecule has 0 bridgehead atoms.